The second-order valence-corrected chi connectivity index (χ2v) is 5.71. The molecule has 5 nitrogen and oxygen atoms in total. The summed E-state index contributed by atoms with van der Waals surface area (Å²) >= 11 is 0. The van der Waals surface area contributed by atoms with Gasteiger partial charge in [0.05, 0.1) is 23.3 Å². The maximum Gasteiger partial charge on any atom is 0.261 e. The van der Waals surface area contributed by atoms with Crippen molar-refractivity contribution in [3.63, 3.8) is 0 Å². The smallest absolute Gasteiger partial charge is 0.261 e. The van der Waals surface area contributed by atoms with Crippen molar-refractivity contribution in [2.24, 2.45) is 0 Å². The van der Waals surface area contributed by atoms with Crippen LogP contribution in [0.1, 0.15) is 24.9 Å². The lowest BCUT2D eigenvalue weighted by Crippen LogP contribution is -2.29. The highest BCUT2D eigenvalue weighted by atomic mass is 16.2. The van der Waals surface area contributed by atoms with Gasteiger partial charge in [0.1, 0.15) is 0 Å². The SMILES string of the molecule is CC(NC(=O)CCn1cnc2ccccc2c1=O)c1ccccc1. The zero-order valence-electron chi connectivity index (χ0n) is 13.5. The van der Waals surface area contributed by atoms with Crippen molar-refractivity contribution >= 4 is 16.8 Å². The van der Waals surface area contributed by atoms with Crippen molar-refractivity contribution < 1.29 is 4.79 Å². The number of benzene rings is 2. The maximum absolute atomic E-state index is 12.4. The number of rotatable bonds is 5. The molecular weight excluding hydrogens is 302 g/mol. The number of carbonyl (C=O) groups excluding carboxylic acids is 1. The van der Waals surface area contributed by atoms with E-state index < -0.39 is 0 Å². The number of amides is 1. The topological polar surface area (TPSA) is 64.0 Å². The molecule has 2 aromatic carbocycles. The van der Waals surface area contributed by atoms with E-state index in [1.165, 1.54) is 10.9 Å². The number of nitrogens with zero attached hydrogens (tertiary/aromatic N) is 2. The van der Waals surface area contributed by atoms with Gasteiger partial charge in [-0.25, -0.2) is 4.98 Å². The summed E-state index contributed by atoms with van der Waals surface area (Å²) in [5, 5.41) is 3.52. The third-order valence-electron chi connectivity index (χ3n) is 3.99. The lowest BCUT2D eigenvalue weighted by molar-refractivity contribution is -0.121. The first-order valence-corrected chi connectivity index (χ1v) is 7.93. The molecule has 1 amide bonds. The fourth-order valence-electron chi connectivity index (χ4n) is 2.63. The van der Waals surface area contributed by atoms with Crippen LogP contribution in [0.4, 0.5) is 0 Å². The Labute approximate surface area is 140 Å². The van der Waals surface area contributed by atoms with Crippen molar-refractivity contribution in [2.45, 2.75) is 25.9 Å². The largest absolute Gasteiger partial charge is 0.350 e. The van der Waals surface area contributed by atoms with Gasteiger partial charge in [-0.05, 0) is 24.6 Å². The van der Waals surface area contributed by atoms with Gasteiger partial charge in [-0.1, -0.05) is 42.5 Å². The summed E-state index contributed by atoms with van der Waals surface area (Å²) in [6.07, 6.45) is 1.73. The van der Waals surface area contributed by atoms with Gasteiger partial charge < -0.3 is 5.32 Å². The zero-order valence-corrected chi connectivity index (χ0v) is 13.5. The Kier molecular flexibility index (Phi) is 4.70. The van der Waals surface area contributed by atoms with Crippen molar-refractivity contribution in [3.05, 3.63) is 76.8 Å². The lowest BCUT2D eigenvalue weighted by atomic mass is 10.1. The molecule has 3 aromatic rings. The Morgan fingerprint density at radius 1 is 1.12 bits per heavy atom. The van der Waals surface area contributed by atoms with Gasteiger partial charge in [0.15, 0.2) is 0 Å². The molecule has 5 heteroatoms. The molecule has 3 rings (SSSR count). The van der Waals surface area contributed by atoms with Crippen LogP contribution in [0.2, 0.25) is 0 Å². The van der Waals surface area contributed by atoms with E-state index in [9.17, 15) is 9.59 Å². The molecule has 0 fully saturated rings. The summed E-state index contributed by atoms with van der Waals surface area (Å²) in [7, 11) is 0. The summed E-state index contributed by atoms with van der Waals surface area (Å²) < 4.78 is 1.48. The quantitative estimate of drug-likeness (QED) is 0.786. The van der Waals surface area contributed by atoms with Gasteiger partial charge in [-0.3, -0.25) is 14.2 Å². The average molecular weight is 321 g/mol. The van der Waals surface area contributed by atoms with Crippen LogP contribution in [0.5, 0.6) is 0 Å². The first-order chi connectivity index (χ1) is 11.6. The second-order valence-electron chi connectivity index (χ2n) is 5.71. The van der Waals surface area contributed by atoms with E-state index in [0.717, 1.165) is 5.56 Å². The number of hydrogen-bond acceptors (Lipinski definition) is 3. The molecule has 122 valence electrons. The van der Waals surface area contributed by atoms with E-state index in [-0.39, 0.29) is 23.9 Å². The monoisotopic (exact) mass is 321 g/mol. The summed E-state index contributed by atoms with van der Waals surface area (Å²) in [6, 6.07) is 16.9. The number of para-hydroxylation sites is 1. The molecule has 1 unspecified atom stereocenters. The van der Waals surface area contributed by atoms with Crippen molar-refractivity contribution in [1.29, 1.82) is 0 Å². The van der Waals surface area contributed by atoms with E-state index in [1.54, 1.807) is 12.1 Å². The molecule has 0 aliphatic carbocycles. The molecule has 24 heavy (non-hydrogen) atoms. The van der Waals surface area contributed by atoms with Crippen molar-refractivity contribution in [2.75, 3.05) is 0 Å². The molecule has 1 atom stereocenters. The van der Waals surface area contributed by atoms with E-state index in [4.69, 9.17) is 0 Å². The van der Waals surface area contributed by atoms with Gasteiger partial charge in [-0.2, -0.15) is 0 Å². The number of nitrogens with one attached hydrogen (secondary N) is 1. The first-order valence-electron chi connectivity index (χ1n) is 7.93. The molecule has 1 aromatic heterocycles. The van der Waals surface area contributed by atoms with E-state index >= 15 is 0 Å². The van der Waals surface area contributed by atoms with Crippen LogP contribution >= 0.6 is 0 Å². The van der Waals surface area contributed by atoms with Crippen LogP contribution in [0.3, 0.4) is 0 Å². The van der Waals surface area contributed by atoms with Crippen LogP contribution in [0, 0.1) is 0 Å². The fraction of sp³-hybridized carbons (Fsp3) is 0.211. The third kappa shape index (κ3) is 3.51. The Morgan fingerprint density at radius 2 is 1.83 bits per heavy atom. The molecule has 0 radical (unpaired) electrons. The van der Waals surface area contributed by atoms with Gasteiger partial charge >= 0.3 is 0 Å². The van der Waals surface area contributed by atoms with Gasteiger partial charge in [0.2, 0.25) is 5.91 Å². The predicted octanol–water partition coefficient (Wildman–Crippen LogP) is 2.66. The van der Waals surface area contributed by atoms with Gasteiger partial charge in [0, 0.05) is 13.0 Å². The number of aryl methyl sites for hydroxylation is 1. The van der Waals surface area contributed by atoms with E-state index in [1.807, 2.05) is 49.4 Å². The number of aromatic nitrogens is 2. The molecule has 0 aliphatic rings. The lowest BCUT2D eigenvalue weighted by Gasteiger charge is -2.14. The van der Waals surface area contributed by atoms with Crippen molar-refractivity contribution in [3.8, 4) is 0 Å². The van der Waals surface area contributed by atoms with Gasteiger partial charge in [0.25, 0.3) is 5.56 Å². The molecule has 1 N–H and O–H groups in total. The number of hydrogen-bond donors (Lipinski definition) is 1. The summed E-state index contributed by atoms with van der Waals surface area (Å²) in [6.45, 7) is 2.25. The highest BCUT2D eigenvalue weighted by Crippen LogP contribution is 2.11. The molecule has 0 saturated carbocycles. The number of carbonyl (C=O) groups is 1. The van der Waals surface area contributed by atoms with E-state index in [0.29, 0.717) is 17.4 Å². The van der Waals surface area contributed by atoms with Crippen LogP contribution < -0.4 is 10.9 Å². The summed E-state index contributed by atoms with van der Waals surface area (Å²) in [5.41, 5.74) is 1.60. The standard InChI is InChI=1S/C19H19N3O2/c1-14(15-7-3-2-4-8-15)21-18(23)11-12-22-13-20-17-10-6-5-9-16(17)19(22)24/h2-10,13-14H,11-12H2,1H3,(H,21,23). The second kappa shape index (κ2) is 7.08. The highest BCUT2D eigenvalue weighted by Gasteiger charge is 2.10. The summed E-state index contributed by atoms with van der Waals surface area (Å²) in [4.78, 5) is 28.8. The Balaban J connectivity index is 1.64. The molecule has 0 saturated heterocycles. The van der Waals surface area contributed by atoms with Crippen LogP contribution in [0.25, 0.3) is 10.9 Å². The van der Waals surface area contributed by atoms with Crippen molar-refractivity contribution in [1.82, 2.24) is 14.9 Å². The summed E-state index contributed by atoms with van der Waals surface area (Å²) in [5.74, 6) is -0.0913. The molecule has 0 spiro atoms. The molecule has 1 heterocycles. The third-order valence-corrected chi connectivity index (χ3v) is 3.99. The zero-order chi connectivity index (χ0) is 16.9. The predicted molar refractivity (Wildman–Crippen MR) is 93.6 cm³/mol. The fourth-order valence-corrected chi connectivity index (χ4v) is 2.63. The average Bonchev–Trinajstić information content (AvgIpc) is 2.62. The highest BCUT2D eigenvalue weighted by molar-refractivity contribution is 5.77. The van der Waals surface area contributed by atoms with Crippen LogP contribution in [-0.4, -0.2) is 15.5 Å². The number of fused-ring (bicyclic) bond motifs is 1. The van der Waals surface area contributed by atoms with Gasteiger partial charge in [-0.15, -0.1) is 0 Å². The Bertz CT molecular complexity index is 903. The normalized spacial score (nSPS) is 12.0. The Morgan fingerprint density at radius 3 is 2.62 bits per heavy atom. The molecular formula is C19H19N3O2. The first kappa shape index (κ1) is 15.9. The van der Waals surface area contributed by atoms with Crippen LogP contribution in [-0.2, 0) is 11.3 Å². The minimum atomic E-state index is -0.121. The molecule has 0 aliphatic heterocycles. The minimum Gasteiger partial charge on any atom is -0.350 e. The Hall–Kier alpha value is -2.95. The van der Waals surface area contributed by atoms with E-state index in [2.05, 4.69) is 10.3 Å². The maximum atomic E-state index is 12.4. The minimum absolute atomic E-state index is 0.0647. The van der Waals surface area contributed by atoms with Crippen LogP contribution in [0.15, 0.2) is 65.7 Å². The molecule has 0 bridgehead atoms.